The molecule has 1 unspecified atom stereocenters. The number of benzene rings is 2. The lowest BCUT2D eigenvalue weighted by Gasteiger charge is -2.36. The Morgan fingerprint density at radius 2 is 1.81 bits per heavy atom. The summed E-state index contributed by atoms with van der Waals surface area (Å²) in [5, 5.41) is 9.99. The van der Waals surface area contributed by atoms with Crippen molar-refractivity contribution in [2.24, 2.45) is 5.92 Å². The summed E-state index contributed by atoms with van der Waals surface area (Å²) in [6.45, 7) is 4.09. The standard InChI is InChI=1S/C29H28ClN5O/c1-18-7-9-21(10-8-18)28(20-5-4-6-20)35-16-23(30)14-24-27(32-33-29(24)35)22-11-12-25(26(13-22)36-3)34-15-19(2)31-17-34/h7-17,20,28H,4-6H2,1-3H3. The van der Waals surface area contributed by atoms with Crippen LogP contribution in [-0.2, 0) is 0 Å². The molecule has 3 aliphatic rings. The molecule has 36 heavy (non-hydrogen) atoms. The smallest absolute Gasteiger partial charge is 0.165 e. The second-order valence-electron chi connectivity index (χ2n) is 9.71. The quantitative estimate of drug-likeness (QED) is 0.256. The van der Waals surface area contributed by atoms with Crippen LogP contribution in [0.15, 0.2) is 67.3 Å². The van der Waals surface area contributed by atoms with Gasteiger partial charge in [0.05, 0.1) is 35.9 Å². The molecule has 6 nitrogen and oxygen atoms in total. The highest BCUT2D eigenvalue weighted by Gasteiger charge is 2.33. The monoisotopic (exact) mass is 497 g/mol. The van der Waals surface area contributed by atoms with Gasteiger partial charge in [0.25, 0.3) is 0 Å². The van der Waals surface area contributed by atoms with E-state index in [1.807, 2.05) is 48.1 Å². The van der Waals surface area contributed by atoms with Crippen molar-refractivity contribution in [3.8, 4) is 34.1 Å². The first-order valence-electron chi connectivity index (χ1n) is 12.3. The van der Waals surface area contributed by atoms with Crippen molar-refractivity contribution in [3.63, 3.8) is 0 Å². The number of aromatic nitrogens is 5. The van der Waals surface area contributed by atoms with Crippen LogP contribution in [0.2, 0.25) is 5.02 Å². The number of fused-ring (bicyclic) bond motifs is 1. The molecule has 0 spiro atoms. The molecule has 0 N–H and O–H groups in total. The van der Waals surface area contributed by atoms with Gasteiger partial charge in [-0.2, -0.15) is 0 Å². The highest BCUT2D eigenvalue weighted by molar-refractivity contribution is 6.30. The minimum atomic E-state index is 0.173. The Labute approximate surface area is 215 Å². The number of hydrogen-bond donors (Lipinski definition) is 0. The van der Waals surface area contributed by atoms with Gasteiger partial charge in [-0.05, 0) is 56.4 Å². The lowest BCUT2D eigenvalue weighted by Crippen LogP contribution is -2.27. The third-order valence-electron chi connectivity index (χ3n) is 7.29. The average molecular weight is 498 g/mol. The molecule has 2 aliphatic heterocycles. The van der Waals surface area contributed by atoms with E-state index in [0.717, 1.165) is 39.8 Å². The minimum absolute atomic E-state index is 0.173. The molecule has 3 aromatic rings. The van der Waals surface area contributed by atoms with Gasteiger partial charge in [0.2, 0.25) is 0 Å². The molecule has 2 aromatic carbocycles. The van der Waals surface area contributed by atoms with E-state index >= 15 is 0 Å². The lowest BCUT2D eigenvalue weighted by atomic mass is 9.76. The van der Waals surface area contributed by atoms with Crippen LogP contribution in [0, 0.1) is 19.8 Å². The molecule has 7 heteroatoms. The van der Waals surface area contributed by atoms with Crippen LogP contribution in [0.4, 0.5) is 0 Å². The summed E-state index contributed by atoms with van der Waals surface area (Å²) in [5.74, 6) is 2.14. The van der Waals surface area contributed by atoms with Crippen LogP contribution in [-0.4, -0.2) is 31.4 Å². The van der Waals surface area contributed by atoms with Crippen LogP contribution in [0.5, 0.6) is 5.75 Å². The predicted octanol–water partition coefficient (Wildman–Crippen LogP) is 6.90. The Morgan fingerprint density at radius 3 is 2.47 bits per heavy atom. The lowest BCUT2D eigenvalue weighted by molar-refractivity contribution is 0.237. The first-order valence-corrected chi connectivity index (χ1v) is 12.7. The third kappa shape index (κ3) is 3.95. The van der Waals surface area contributed by atoms with E-state index in [1.54, 1.807) is 13.4 Å². The zero-order chi connectivity index (χ0) is 24.8. The highest BCUT2D eigenvalue weighted by atomic mass is 35.5. The van der Waals surface area contributed by atoms with Crippen molar-refractivity contribution >= 4 is 11.6 Å². The van der Waals surface area contributed by atoms with Gasteiger partial charge in [0.15, 0.2) is 5.82 Å². The molecule has 0 bridgehead atoms. The Hall–Kier alpha value is -3.64. The van der Waals surface area contributed by atoms with Crippen LogP contribution < -0.4 is 4.74 Å². The summed E-state index contributed by atoms with van der Waals surface area (Å²) in [7, 11) is 1.68. The molecule has 0 radical (unpaired) electrons. The van der Waals surface area contributed by atoms with Gasteiger partial charge in [0.1, 0.15) is 11.4 Å². The maximum Gasteiger partial charge on any atom is 0.165 e. The largest absolute Gasteiger partial charge is 0.495 e. The number of pyridine rings is 1. The van der Waals surface area contributed by atoms with E-state index in [0.29, 0.717) is 10.9 Å². The molecule has 1 fully saturated rings. The molecule has 6 rings (SSSR count). The first kappa shape index (κ1) is 22.8. The van der Waals surface area contributed by atoms with Gasteiger partial charge in [-0.3, -0.25) is 0 Å². The second-order valence-corrected chi connectivity index (χ2v) is 10.1. The van der Waals surface area contributed by atoms with E-state index < -0.39 is 0 Å². The molecule has 1 saturated carbocycles. The van der Waals surface area contributed by atoms with Gasteiger partial charge in [0, 0.05) is 23.5 Å². The van der Waals surface area contributed by atoms with Gasteiger partial charge in [-0.15, -0.1) is 10.2 Å². The predicted molar refractivity (Wildman–Crippen MR) is 142 cm³/mol. The fourth-order valence-corrected chi connectivity index (χ4v) is 5.41. The average Bonchev–Trinajstić information content (AvgIpc) is 3.47. The van der Waals surface area contributed by atoms with Crippen molar-refractivity contribution in [3.05, 3.63) is 89.1 Å². The fraction of sp³-hybridized carbons (Fsp3) is 0.276. The molecule has 1 atom stereocenters. The van der Waals surface area contributed by atoms with Gasteiger partial charge < -0.3 is 13.9 Å². The van der Waals surface area contributed by atoms with Crippen LogP contribution in [0.3, 0.4) is 0 Å². The van der Waals surface area contributed by atoms with Crippen molar-refractivity contribution < 1.29 is 4.74 Å². The van der Waals surface area contributed by atoms with Gasteiger partial charge in [-0.25, -0.2) is 4.98 Å². The summed E-state index contributed by atoms with van der Waals surface area (Å²) in [6, 6.07) is 17.0. The summed E-state index contributed by atoms with van der Waals surface area (Å²) in [6.07, 6.45) is 9.44. The van der Waals surface area contributed by atoms with E-state index in [-0.39, 0.29) is 6.04 Å². The van der Waals surface area contributed by atoms with E-state index in [2.05, 4.69) is 50.9 Å². The summed E-state index contributed by atoms with van der Waals surface area (Å²) in [4.78, 5) is 4.34. The highest BCUT2D eigenvalue weighted by Crippen LogP contribution is 2.44. The van der Waals surface area contributed by atoms with Crippen molar-refractivity contribution in [1.82, 2.24) is 24.3 Å². The number of rotatable bonds is 6. The Balaban J connectivity index is 1.44. The SMILES string of the molecule is COc1cc(-c2nnc3n(C(c4ccc(C)cc4)C4CCC4)cc(Cl)cc2-3)ccc1-n1cnc(C)c1. The van der Waals surface area contributed by atoms with Crippen LogP contribution >= 0.6 is 11.6 Å². The Bertz CT molecular complexity index is 1500. The van der Waals surface area contributed by atoms with Crippen molar-refractivity contribution in [1.29, 1.82) is 0 Å². The summed E-state index contributed by atoms with van der Waals surface area (Å²) in [5.41, 5.74) is 7.07. The maximum atomic E-state index is 6.72. The Morgan fingerprint density at radius 1 is 1.00 bits per heavy atom. The van der Waals surface area contributed by atoms with Crippen molar-refractivity contribution in [2.45, 2.75) is 39.2 Å². The zero-order valence-corrected chi connectivity index (χ0v) is 21.4. The number of hydrogen-bond acceptors (Lipinski definition) is 4. The third-order valence-corrected chi connectivity index (χ3v) is 7.49. The molecular formula is C29H28ClN5O. The van der Waals surface area contributed by atoms with E-state index in [4.69, 9.17) is 16.3 Å². The first-order chi connectivity index (χ1) is 17.5. The number of halogens is 1. The van der Waals surface area contributed by atoms with Gasteiger partial charge in [-0.1, -0.05) is 53.9 Å². The zero-order valence-electron chi connectivity index (χ0n) is 20.6. The number of aryl methyl sites for hydroxylation is 2. The minimum Gasteiger partial charge on any atom is -0.495 e. The number of nitrogens with zero attached hydrogens (tertiary/aromatic N) is 5. The summed E-state index contributed by atoms with van der Waals surface area (Å²) < 4.78 is 9.94. The molecule has 3 heterocycles. The molecule has 0 saturated heterocycles. The fourth-order valence-electron chi connectivity index (χ4n) is 5.20. The number of imidazole rings is 1. The van der Waals surface area contributed by atoms with E-state index in [1.165, 1.54) is 30.4 Å². The molecule has 182 valence electrons. The molecular weight excluding hydrogens is 470 g/mol. The summed E-state index contributed by atoms with van der Waals surface area (Å²) >= 11 is 6.72. The van der Waals surface area contributed by atoms with E-state index in [9.17, 15) is 0 Å². The number of ether oxygens (including phenoxy) is 1. The maximum absolute atomic E-state index is 6.72. The Kier molecular flexibility index (Phi) is 5.76. The molecule has 0 amide bonds. The number of methoxy groups -OCH3 is 1. The van der Waals surface area contributed by atoms with Crippen molar-refractivity contribution in [2.75, 3.05) is 7.11 Å². The second kappa shape index (κ2) is 9.10. The normalized spacial score (nSPS) is 14.7. The molecule has 1 aromatic heterocycles. The van der Waals surface area contributed by atoms with Crippen LogP contribution in [0.25, 0.3) is 28.3 Å². The topological polar surface area (TPSA) is 57.8 Å². The van der Waals surface area contributed by atoms with Gasteiger partial charge >= 0.3 is 0 Å². The van der Waals surface area contributed by atoms with Crippen LogP contribution in [0.1, 0.15) is 42.1 Å². The molecule has 1 aliphatic carbocycles.